The van der Waals surface area contributed by atoms with Gasteiger partial charge in [-0.05, 0) is 42.8 Å². The molecule has 0 unspecified atom stereocenters. The first kappa shape index (κ1) is 20.0. The number of ether oxygens (including phenoxy) is 2. The number of hydrogen-bond donors (Lipinski definition) is 2. The minimum Gasteiger partial charge on any atom is -0.489 e. The van der Waals surface area contributed by atoms with E-state index in [9.17, 15) is 9.59 Å². The predicted molar refractivity (Wildman–Crippen MR) is 106 cm³/mol. The van der Waals surface area contributed by atoms with Crippen molar-refractivity contribution >= 4 is 23.3 Å². The van der Waals surface area contributed by atoms with Gasteiger partial charge in [-0.15, -0.1) is 0 Å². The third-order valence-corrected chi connectivity index (χ3v) is 3.50. The number of esters is 1. The van der Waals surface area contributed by atoms with Gasteiger partial charge in [0.2, 0.25) is 5.91 Å². The third kappa shape index (κ3) is 6.86. The van der Waals surface area contributed by atoms with Gasteiger partial charge >= 0.3 is 5.97 Å². The number of benzene rings is 2. The highest BCUT2D eigenvalue weighted by Crippen LogP contribution is 2.17. The van der Waals surface area contributed by atoms with Crippen molar-refractivity contribution in [2.24, 2.45) is 0 Å². The molecule has 2 aromatic carbocycles. The van der Waals surface area contributed by atoms with Gasteiger partial charge in [-0.2, -0.15) is 0 Å². The zero-order chi connectivity index (χ0) is 19.5. The van der Waals surface area contributed by atoms with Crippen molar-refractivity contribution in [1.29, 1.82) is 0 Å². The molecule has 0 aliphatic heterocycles. The smallest absolute Gasteiger partial charge is 0.338 e. The number of nitrogens with one attached hydrogen (secondary N) is 2. The molecule has 1 amide bonds. The Labute approximate surface area is 159 Å². The van der Waals surface area contributed by atoms with Crippen molar-refractivity contribution in [3.63, 3.8) is 0 Å². The number of carbonyl (C=O) groups excluding carboxylic acids is 2. The fraction of sp³-hybridized carbons (Fsp3) is 0.238. The van der Waals surface area contributed by atoms with E-state index in [2.05, 4.69) is 17.2 Å². The molecule has 0 aliphatic carbocycles. The molecule has 0 aliphatic rings. The van der Waals surface area contributed by atoms with E-state index >= 15 is 0 Å². The number of rotatable bonds is 10. The molecule has 27 heavy (non-hydrogen) atoms. The fourth-order valence-electron chi connectivity index (χ4n) is 2.21. The largest absolute Gasteiger partial charge is 0.489 e. The van der Waals surface area contributed by atoms with E-state index in [1.54, 1.807) is 30.3 Å². The first-order valence-electron chi connectivity index (χ1n) is 8.77. The van der Waals surface area contributed by atoms with Crippen LogP contribution in [0.1, 0.15) is 23.7 Å². The Kier molecular flexibility index (Phi) is 7.91. The normalized spacial score (nSPS) is 9.96. The molecule has 2 rings (SSSR count). The van der Waals surface area contributed by atoms with Gasteiger partial charge in [0.15, 0.2) is 0 Å². The second kappa shape index (κ2) is 10.7. The van der Waals surface area contributed by atoms with Crippen molar-refractivity contribution in [1.82, 2.24) is 0 Å². The molecule has 0 fully saturated rings. The van der Waals surface area contributed by atoms with Crippen LogP contribution >= 0.6 is 0 Å². The van der Waals surface area contributed by atoms with Gasteiger partial charge in [0, 0.05) is 17.4 Å². The topological polar surface area (TPSA) is 76.7 Å². The van der Waals surface area contributed by atoms with Crippen LogP contribution in [-0.2, 0) is 9.53 Å². The summed E-state index contributed by atoms with van der Waals surface area (Å²) in [7, 11) is 0. The lowest BCUT2D eigenvalue weighted by atomic mass is 10.2. The highest BCUT2D eigenvalue weighted by molar-refractivity contribution is 5.95. The van der Waals surface area contributed by atoms with Crippen LogP contribution in [0.2, 0.25) is 0 Å². The van der Waals surface area contributed by atoms with Crippen LogP contribution in [0.4, 0.5) is 11.4 Å². The number of hydrogen-bond acceptors (Lipinski definition) is 5. The van der Waals surface area contributed by atoms with Crippen LogP contribution < -0.4 is 15.4 Å². The molecule has 0 saturated heterocycles. The lowest BCUT2D eigenvalue weighted by molar-refractivity contribution is -0.114. The van der Waals surface area contributed by atoms with Crippen molar-refractivity contribution in [3.05, 3.63) is 66.7 Å². The average Bonchev–Trinajstić information content (AvgIpc) is 2.70. The molecule has 0 aromatic heterocycles. The third-order valence-electron chi connectivity index (χ3n) is 3.50. The SMILES string of the molecule is C=CCOc1cccc(NCC(=O)Nc2ccc(C(=O)OCCC)cc2)c1. The first-order chi connectivity index (χ1) is 13.1. The summed E-state index contributed by atoms with van der Waals surface area (Å²) in [5, 5.41) is 5.81. The summed E-state index contributed by atoms with van der Waals surface area (Å²) in [5.41, 5.74) is 1.84. The predicted octanol–water partition coefficient (Wildman–Crippen LogP) is 3.87. The molecular weight excluding hydrogens is 344 g/mol. The monoisotopic (exact) mass is 368 g/mol. The molecule has 2 N–H and O–H groups in total. The summed E-state index contributed by atoms with van der Waals surface area (Å²) in [5.74, 6) is 0.134. The van der Waals surface area contributed by atoms with Crippen molar-refractivity contribution < 1.29 is 19.1 Å². The molecule has 0 saturated carbocycles. The number of anilines is 2. The summed E-state index contributed by atoms with van der Waals surface area (Å²) in [6, 6.07) is 13.9. The summed E-state index contributed by atoms with van der Waals surface area (Å²) in [6.07, 6.45) is 2.44. The Morgan fingerprint density at radius 1 is 1.11 bits per heavy atom. The zero-order valence-electron chi connectivity index (χ0n) is 15.4. The highest BCUT2D eigenvalue weighted by Gasteiger charge is 2.08. The Bertz CT molecular complexity index is 772. The van der Waals surface area contributed by atoms with Gasteiger partial charge < -0.3 is 20.1 Å². The average molecular weight is 368 g/mol. The van der Waals surface area contributed by atoms with Crippen LogP contribution in [0.5, 0.6) is 5.75 Å². The number of carbonyl (C=O) groups is 2. The maximum absolute atomic E-state index is 12.1. The zero-order valence-corrected chi connectivity index (χ0v) is 15.4. The van der Waals surface area contributed by atoms with Gasteiger partial charge in [-0.1, -0.05) is 25.6 Å². The van der Waals surface area contributed by atoms with E-state index in [0.717, 1.165) is 12.1 Å². The highest BCUT2D eigenvalue weighted by atomic mass is 16.5. The second-order valence-corrected chi connectivity index (χ2v) is 5.74. The molecular formula is C21H24N2O4. The van der Waals surface area contributed by atoms with Crippen molar-refractivity contribution in [2.45, 2.75) is 13.3 Å². The van der Waals surface area contributed by atoms with Crippen LogP contribution in [-0.4, -0.2) is 31.6 Å². The summed E-state index contributed by atoms with van der Waals surface area (Å²) < 4.78 is 10.5. The minimum atomic E-state index is -0.366. The lowest BCUT2D eigenvalue weighted by Crippen LogP contribution is -2.21. The molecule has 0 spiro atoms. The van der Waals surface area contributed by atoms with Crippen molar-refractivity contribution in [2.75, 3.05) is 30.4 Å². The molecule has 0 bridgehead atoms. The number of amides is 1. The molecule has 142 valence electrons. The van der Waals surface area contributed by atoms with E-state index in [0.29, 0.717) is 30.2 Å². The van der Waals surface area contributed by atoms with E-state index in [1.807, 2.05) is 31.2 Å². The van der Waals surface area contributed by atoms with Crippen LogP contribution in [0, 0.1) is 0 Å². The van der Waals surface area contributed by atoms with Gasteiger partial charge in [0.25, 0.3) is 0 Å². The fourth-order valence-corrected chi connectivity index (χ4v) is 2.21. The molecule has 2 aromatic rings. The maximum Gasteiger partial charge on any atom is 0.338 e. The quantitative estimate of drug-likeness (QED) is 0.492. The minimum absolute atomic E-state index is 0.102. The van der Waals surface area contributed by atoms with E-state index in [-0.39, 0.29) is 18.4 Å². The van der Waals surface area contributed by atoms with Crippen molar-refractivity contribution in [3.8, 4) is 5.75 Å². The van der Waals surface area contributed by atoms with Crippen LogP contribution in [0.3, 0.4) is 0 Å². The molecule has 0 radical (unpaired) electrons. The van der Waals surface area contributed by atoms with E-state index in [4.69, 9.17) is 9.47 Å². The molecule has 6 heteroatoms. The van der Waals surface area contributed by atoms with Crippen LogP contribution in [0.15, 0.2) is 61.2 Å². The summed E-state index contributed by atoms with van der Waals surface area (Å²) >= 11 is 0. The van der Waals surface area contributed by atoms with Gasteiger partial charge in [0.1, 0.15) is 12.4 Å². The maximum atomic E-state index is 12.1. The second-order valence-electron chi connectivity index (χ2n) is 5.74. The standard InChI is InChI=1S/C21H24N2O4/c1-3-12-26-19-7-5-6-18(14-19)22-15-20(24)23-17-10-8-16(9-11-17)21(25)27-13-4-2/h3,5-11,14,22H,1,4,12-13,15H2,2H3,(H,23,24). The Balaban J connectivity index is 1.83. The Morgan fingerprint density at radius 2 is 1.89 bits per heavy atom. The Hall–Kier alpha value is -3.28. The van der Waals surface area contributed by atoms with Crippen LogP contribution in [0.25, 0.3) is 0 Å². The molecule has 0 atom stereocenters. The van der Waals surface area contributed by atoms with Gasteiger partial charge in [-0.3, -0.25) is 4.79 Å². The summed E-state index contributed by atoms with van der Waals surface area (Å²) in [6.45, 7) is 6.46. The van der Waals surface area contributed by atoms with Gasteiger partial charge in [0.05, 0.1) is 18.7 Å². The lowest BCUT2D eigenvalue weighted by Gasteiger charge is -2.10. The Morgan fingerprint density at radius 3 is 2.59 bits per heavy atom. The first-order valence-corrected chi connectivity index (χ1v) is 8.77. The molecule has 6 nitrogen and oxygen atoms in total. The van der Waals surface area contributed by atoms with E-state index in [1.165, 1.54) is 0 Å². The van der Waals surface area contributed by atoms with Gasteiger partial charge in [-0.25, -0.2) is 4.79 Å². The molecule has 0 heterocycles. The van der Waals surface area contributed by atoms with E-state index < -0.39 is 0 Å². The summed E-state index contributed by atoms with van der Waals surface area (Å²) in [4.78, 5) is 23.8.